The predicted molar refractivity (Wildman–Crippen MR) is 70.4 cm³/mol. The molecule has 0 aliphatic heterocycles. The smallest absolute Gasteiger partial charge is 0.323 e. The van der Waals surface area contributed by atoms with Crippen LogP contribution >= 0.6 is 0 Å². The molecule has 6 nitrogen and oxygen atoms in total. The summed E-state index contributed by atoms with van der Waals surface area (Å²) in [5.41, 5.74) is 5.64. The van der Waals surface area contributed by atoms with Gasteiger partial charge in [0.15, 0.2) is 0 Å². The monoisotopic (exact) mass is 251 g/mol. The first-order chi connectivity index (χ1) is 8.58. The van der Waals surface area contributed by atoms with Crippen LogP contribution in [0.1, 0.15) is 40.0 Å². The molecule has 1 aliphatic carbocycles. The van der Waals surface area contributed by atoms with Gasteiger partial charge < -0.3 is 15.8 Å². The predicted octanol–water partition coefficient (Wildman–Crippen LogP) is 1.84. The van der Waals surface area contributed by atoms with E-state index in [0.717, 1.165) is 5.92 Å². The topological polar surface area (TPSA) is 86.0 Å². The van der Waals surface area contributed by atoms with Crippen molar-refractivity contribution in [1.29, 1.82) is 0 Å². The molecule has 1 heterocycles. The molecular weight excluding hydrogens is 230 g/mol. The van der Waals surface area contributed by atoms with Crippen LogP contribution in [0, 0.1) is 5.92 Å². The average Bonchev–Trinajstić information content (AvgIpc) is 2.94. The highest BCUT2D eigenvalue weighted by Gasteiger charge is 2.36. The van der Waals surface area contributed by atoms with Gasteiger partial charge in [0, 0.05) is 6.04 Å². The summed E-state index contributed by atoms with van der Waals surface area (Å²) in [7, 11) is 0. The zero-order valence-electron chi connectivity index (χ0n) is 11.2. The van der Waals surface area contributed by atoms with Crippen LogP contribution in [0.15, 0.2) is 0 Å². The zero-order valence-corrected chi connectivity index (χ0v) is 11.2. The Hall–Kier alpha value is -1.59. The van der Waals surface area contributed by atoms with Crippen molar-refractivity contribution >= 4 is 11.9 Å². The highest BCUT2D eigenvalue weighted by Crippen LogP contribution is 2.36. The van der Waals surface area contributed by atoms with Crippen LogP contribution < -0.4 is 15.8 Å². The number of rotatable bonds is 6. The molecule has 0 spiro atoms. The SMILES string of the molecule is CCCC1CC1Nc1nc(N)nc(OC(C)C)n1. The van der Waals surface area contributed by atoms with E-state index in [1.807, 2.05) is 13.8 Å². The number of nitrogen functional groups attached to an aromatic ring is 1. The van der Waals surface area contributed by atoms with Crippen LogP contribution in [0.3, 0.4) is 0 Å². The van der Waals surface area contributed by atoms with Gasteiger partial charge in [-0.1, -0.05) is 13.3 Å². The Labute approximate surface area is 107 Å². The maximum absolute atomic E-state index is 5.64. The van der Waals surface area contributed by atoms with Crippen LogP contribution in [0.4, 0.5) is 11.9 Å². The van der Waals surface area contributed by atoms with E-state index < -0.39 is 0 Å². The molecule has 0 aromatic carbocycles. The molecule has 1 aromatic rings. The van der Waals surface area contributed by atoms with E-state index in [0.29, 0.717) is 12.0 Å². The van der Waals surface area contributed by atoms with Crippen molar-refractivity contribution in [2.45, 2.75) is 52.2 Å². The molecule has 6 heteroatoms. The largest absolute Gasteiger partial charge is 0.461 e. The van der Waals surface area contributed by atoms with E-state index in [9.17, 15) is 0 Å². The third kappa shape index (κ3) is 3.45. The Morgan fingerprint density at radius 2 is 2.17 bits per heavy atom. The highest BCUT2D eigenvalue weighted by atomic mass is 16.5. The number of nitrogens with two attached hydrogens (primary N) is 1. The number of aromatic nitrogens is 3. The molecule has 2 atom stereocenters. The summed E-state index contributed by atoms with van der Waals surface area (Å²) in [5.74, 6) is 1.44. The van der Waals surface area contributed by atoms with E-state index in [4.69, 9.17) is 10.5 Å². The molecule has 1 aliphatic rings. The summed E-state index contributed by atoms with van der Waals surface area (Å²) < 4.78 is 5.43. The fourth-order valence-corrected chi connectivity index (χ4v) is 1.98. The molecule has 2 rings (SSSR count). The molecule has 1 fully saturated rings. The van der Waals surface area contributed by atoms with Gasteiger partial charge in [0.1, 0.15) is 0 Å². The molecule has 1 saturated carbocycles. The van der Waals surface area contributed by atoms with Crippen LogP contribution in [-0.4, -0.2) is 27.1 Å². The van der Waals surface area contributed by atoms with E-state index in [-0.39, 0.29) is 18.1 Å². The normalized spacial score (nSPS) is 22.0. The third-order valence-electron chi connectivity index (χ3n) is 2.87. The highest BCUT2D eigenvalue weighted by molar-refractivity contribution is 5.35. The van der Waals surface area contributed by atoms with Crippen molar-refractivity contribution in [3.8, 4) is 6.01 Å². The third-order valence-corrected chi connectivity index (χ3v) is 2.87. The zero-order chi connectivity index (χ0) is 13.1. The van der Waals surface area contributed by atoms with Crippen molar-refractivity contribution in [1.82, 2.24) is 15.0 Å². The number of nitrogens with one attached hydrogen (secondary N) is 1. The molecule has 0 radical (unpaired) electrons. The second kappa shape index (κ2) is 5.37. The van der Waals surface area contributed by atoms with Gasteiger partial charge in [-0.3, -0.25) is 0 Å². The van der Waals surface area contributed by atoms with E-state index in [2.05, 4.69) is 27.2 Å². The maximum Gasteiger partial charge on any atom is 0.323 e. The van der Waals surface area contributed by atoms with Gasteiger partial charge in [0.2, 0.25) is 11.9 Å². The number of ether oxygens (including phenoxy) is 1. The minimum atomic E-state index is 0.0217. The quantitative estimate of drug-likeness (QED) is 0.802. The molecule has 18 heavy (non-hydrogen) atoms. The van der Waals surface area contributed by atoms with Crippen LogP contribution in [0.2, 0.25) is 0 Å². The second-order valence-electron chi connectivity index (χ2n) is 5.00. The fourth-order valence-electron chi connectivity index (χ4n) is 1.98. The lowest BCUT2D eigenvalue weighted by Gasteiger charge is -2.10. The molecule has 100 valence electrons. The van der Waals surface area contributed by atoms with Gasteiger partial charge in [-0.15, -0.1) is 0 Å². The minimum Gasteiger partial charge on any atom is -0.461 e. The Balaban J connectivity index is 1.98. The van der Waals surface area contributed by atoms with Gasteiger partial charge in [0.25, 0.3) is 0 Å². The van der Waals surface area contributed by atoms with Gasteiger partial charge >= 0.3 is 6.01 Å². The van der Waals surface area contributed by atoms with E-state index >= 15 is 0 Å². The molecule has 2 unspecified atom stereocenters. The molecule has 1 aromatic heterocycles. The summed E-state index contributed by atoms with van der Waals surface area (Å²) >= 11 is 0. The van der Waals surface area contributed by atoms with Crippen molar-refractivity contribution in [3.05, 3.63) is 0 Å². The van der Waals surface area contributed by atoms with Crippen molar-refractivity contribution in [2.24, 2.45) is 5.92 Å². The Morgan fingerprint density at radius 3 is 2.83 bits per heavy atom. The Morgan fingerprint density at radius 1 is 1.39 bits per heavy atom. The first-order valence-corrected chi connectivity index (χ1v) is 6.53. The summed E-state index contributed by atoms with van der Waals surface area (Å²) in [6.45, 7) is 6.04. The Bertz CT molecular complexity index is 409. The summed E-state index contributed by atoms with van der Waals surface area (Å²) in [4.78, 5) is 12.2. The summed E-state index contributed by atoms with van der Waals surface area (Å²) in [5, 5.41) is 3.28. The lowest BCUT2D eigenvalue weighted by Crippen LogP contribution is -2.14. The van der Waals surface area contributed by atoms with Crippen LogP contribution in [0.5, 0.6) is 6.01 Å². The maximum atomic E-state index is 5.64. The first-order valence-electron chi connectivity index (χ1n) is 6.53. The molecule has 3 N–H and O–H groups in total. The first kappa shape index (κ1) is 12.9. The number of nitrogens with zero attached hydrogens (tertiary/aromatic N) is 3. The van der Waals surface area contributed by atoms with E-state index in [1.165, 1.54) is 19.3 Å². The van der Waals surface area contributed by atoms with Crippen molar-refractivity contribution in [3.63, 3.8) is 0 Å². The van der Waals surface area contributed by atoms with Gasteiger partial charge in [-0.2, -0.15) is 15.0 Å². The average molecular weight is 251 g/mol. The molecular formula is C12H21N5O. The van der Waals surface area contributed by atoms with E-state index in [1.54, 1.807) is 0 Å². The van der Waals surface area contributed by atoms with Crippen LogP contribution in [-0.2, 0) is 0 Å². The van der Waals surface area contributed by atoms with Gasteiger partial charge in [-0.25, -0.2) is 0 Å². The number of anilines is 2. The van der Waals surface area contributed by atoms with Crippen molar-refractivity contribution < 1.29 is 4.74 Å². The van der Waals surface area contributed by atoms with Crippen LogP contribution in [0.25, 0.3) is 0 Å². The van der Waals surface area contributed by atoms with Crippen molar-refractivity contribution in [2.75, 3.05) is 11.1 Å². The second-order valence-corrected chi connectivity index (χ2v) is 5.00. The van der Waals surface area contributed by atoms with Gasteiger partial charge in [0.05, 0.1) is 6.10 Å². The fraction of sp³-hybridized carbons (Fsp3) is 0.750. The Kier molecular flexibility index (Phi) is 3.84. The number of hydrogen-bond acceptors (Lipinski definition) is 6. The van der Waals surface area contributed by atoms with Gasteiger partial charge in [-0.05, 0) is 32.6 Å². The lowest BCUT2D eigenvalue weighted by molar-refractivity contribution is 0.222. The molecule has 0 saturated heterocycles. The lowest BCUT2D eigenvalue weighted by atomic mass is 10.2. The summed E-state index contributed by atoms with van der Waals surface area (Å²) in [6, 6.07) is 0.756. The minimum absolute atomic E-state index is 0.0217. The molecule has 0 amide bonds. The summed E-state index contributed by atoms with van der Waals surface area (Å²) in [6.07, 6.45) is 3.66. The number of hydrogen-bond donors (Lipinski definition) is 2. The standard InChI is InChI=1S/C12H21N5O/c1-4-5-8-6-9(8)14-11-15-10(13)16-12(17-11)18-7(2)3/h7-9H,4-6H2,1-3H3,(H3,13,14,15,16,17). The molecule has 0 bridgehead atoms.